The lowest BCUT2D eigenvalue weighted by molar-refractivity contribution is 0.266. The fourth-order valence-electron chi connectivity index (χ4n) is 2.58. The third-order valence-corrected chi connectivity index (χ3v) is 3.69. The average molecular weight is 249 g/mol. The molecule has 1 fully saturated rings. The second-order valence-corrected chi connectivity index (χ2v) is 5.19. The number of nitrogens with one attached hydrogen (secondary N) is 1. The summed E-state index contributed by atoms with van der Waals surface area (Å²) in [5.74, 6) is 1.61. The largest absolute Gasteiger partial charge is 0.493 e. The van der Waals surface area contributed by atoms with Crippen LogP contribution in [0.4, 0.5) is 0 Å². The molecule has 0 aliphatic heterocycles. The summed E-state index contributed by atoms with van der Waals surface area (Å²) in [6.07, 6.45) is 5.25. The molecule has 0 atom stereocenters. The quantitative estimate of drug-likeness (QED) is 0.786. The predicted molar refractivity (Wildman–Crippen MR) is 73.4 cm³/mol. The van der Waals surface area contributed by atoms with Crippen LogP contribution in [0, 0.1) is 0 Å². The SMILES string of the molecule is COc1ccccc1OCCNC1(C)CCCC1. The van der Waals surface area contributed by atoms with Crippen LogP contribution in [-0.4, -0.2) is 25.8 Å². The van der Waals surface area contributed by atoms with Crippen LogP contribution in [0.5, 0.6) is 11.5 Å². The van der Waals surface area contributed by atoms with Gasteiger partial charge >= 0.3 is 0 Å². The number of methoxy groups -OCH3 is 1. The van der Waals surface area contributed by atoms with Crippen LogP contribution >= 0.6 is 0 Å². The Labute approximate surface area is 109 Å². The summed E-state index contributed by atoms with van der Waals surface area (Å²) in [6.45, 7) is 3.87. The molecule has 1 N–H and O–H groups in total. The molecular formula is C15H23NO2. The molecule has 1 aliphatic carbocycles. The van der Waals surface area contributed by atoms with Gasteiger partial charge in [0.2, 0.25) is 0 Å². The van der Waals surface area contributed by atoms with E-state index in [0.717, 1.165) is 18.0 Å². The van der Waals surface area contributed by atoms with Crippen molar-refractivity contribution in [2.24, 2.45) is 0 Å². The van der Waals surface area contributed by atoms with E-state index in [-0.39, 0.29) is 0 Å². The Hall–Kier alpha value is -1.22. The molecule has 1 aromatic rings. The van der Waals surface area contributed by atoms with Crippen molar-refractivity contribution in [1.82, 2.24) is 5.32 Å². The van der Waals surface area contributed by atoms with Gasteiger partial charge < -0.3 is 14.8 Å². The highest BCUT2D eigenvalue weighted by molar-refractivity contribution is 5.39. The van der Waals surface area contributed by atoms with Crippen molar-refractivity contribution in [2.75, 3.05) is 20.3 Å². The molecule has 2 rings (SSSR count). The summed E-state index contributed by atoms with van der Waals surface area (Å²) in [6, 6.07) is 7.77. The van der Waals surface area contributed by atoms with Crippen molar-refractivity contribution in [1.29, 1.82) is 0 Å². The first kappa shape index (κ1) is 13.2. The molecule has 3 nitrogen and oxygen atoms in total. The van der Waals surface area contributed by atoms with Gasteiger partial charge in [0.25, 0.3) is 0 Å². The van der Waals surface area contributed by atoms with Gasteiger partial charge in [0, 0.05) is 12.1 Å². The van der Waals surface area contributed by atoms with Crippen molar-refractivity contribution >= 4 is 0 Å². The van der Waals surface area contributed by atoms with Crippen molar-refractivity contribution in [3.8, 4) is 11.5 Å². The van der Waals surface area contributed by atoms with Crippen molar-refractivity contribution in [3.63, 3.8) is 0 Å². The smallest absolute Gasteiger partial charge is 0.161 e. The van der Waals surface area contributed by atoms with Crippen molar-refractivity contribution < 1.29 is 9.47 Å². The number of hydrogen-bond acceptors (Lipinski definition) is 3. The van der Waals surface area contributed by atoms with Gasteiger partial charge in [-0.15, -0.1) is 0 Å². The van der Waals surface area contributed by atoms with E-state index in [9.17, 15) is 0 Å². The van der Waals surface area contributed by atoms with Gasteiger partial charge in [0.05, 0.1) is 7.11 Å². The Kier molecular flexibility index (Phi) is 4.48. The minimum atomic E-state index is 0.324. The summed E-state index contributed by atoms with van der Waals surface area (Å²) in [5, 5.41) is 3.60. The molecule has 1 aliphatic rings. The van der Waals surface area contributed by atoms with Crippen LogP contribution in [0.3, 0.4) is 0 Å². The normalized spacial score (nSPS) is 17.7. The molecule has 0 aromatic heterocycles. The first-order chi connectivity index (χ1) is 8.73. The summed E-state index contributed by atoms with van der Waals surface area (Å²) in [5.41, 5.74) is 0.324. The second kappa shape index (κ2) is 6.10. The van der Waals surface area contributed by atoms with Crippen LogP contribution in [0.2, 0.25) is 0 Å². The highest BCUT2D eigenvalue weighted by Crippen LogP contribution is 2.29. The fraction of sp³-hybridized carbons (Fsp3) is 0.600. The van der Waals surface area contributed by atoms with Crippen LogP contribution < -0.4 is 14.8 Å². The molecule has 0 heterocycles. The Morgan fingerprint density at radius 1 is 1.17 bits per heavy atom. The maximum absolute atomic E-state index is 5.75. The van der Waals surface area contributed by atoms with Gasteiger partial charge in [0.1, 0.15) is 6.61 Å². The fourth-order valence-corrected chi connectivity index (χ4v) is 2.58. The highest BCUT2D eigenvalue weighted by Gasteiger charge is 2.27. The Morgan fingerprint density at radius 2 is 1.83 bits per heavy atom. The lowest BCUT2D eigenvalue weighted by atomic mass is 10.0. The van der Waals surface area contributed by atoms with E-state index >= 15 is 0 Å². The zero-order valence-electron chi connectivity index (χ0n) is 11.4. The van der Waals surface area contributed by atoms with Gasteiger partial charge in [-0.2, -0.15) is 0 Å². The van der Waals surface area contributed by atoms with E-state index in [4.69, 9.17) is 9.47 Å². The molecule has 0 spiro atoms. The average Bonchev–Trinajstić information content (AvgIpc) is 2.82. The maximum atomic E-state index is 5.75. The standard InChI is InChI=1S/C15H23NO2/c1-15(9-5-6-10-15)16-11-12-18-14-8-4-3-7-13(14)17-2/h3-4,7-8,16H,5-6,9-12H2,1-2H3. The van der Waals surface area contributed by atoms with E-state index in [2.05, 4.69) is 12.2 Å². The monoisotopic (exact) mass is 249 g/mol. The first-order valence-electron chi connectivity index (χ1n) is 6.74. The molecule has 100 valence electrons. The van der Waals surface area contributed by atoms with Crippen LogP contribution in [-0.2, 0) is 0 Å². The molecule has 1 aromatic carbocycles. The van der Waals surface area contributed by atoms with E-state index in [0.29, 0.717) is 12.1 Å². The van der Waals surface area contributed by atoms with Crippen molar-refractivity contribution in [2.45, 2.75) is 38.1 Å². The number of benzene rings is 1. The first-order valence-corrected chi connectivity index (χ1v) is 6.74. The summed E-state index contributed by atoms with van der Waals surface area (Å²) >= 11 is 0. The zero-order valence-corrected chi connectivity index (χ0v) is 11.4. The number of hydrogen-bond donors (Lipinski definition) is 1. The second-order valence-electron chi connectivity index (χ2n) is 5.19. The molecule has 0 unspecified atom stereocenters. The van der Waals surface area contributed by atoms with Gasteiger partial charge in [-0.05, 0) is 31.9 Å². The van der Waals surface area contributed by atoms with E-state index in [1.807, 2.05) is 24.3 Å². The van der Waals surface area contributed by atoms with E-state index in [1.54, 1.807) is 7.11 Å². The topological polar surface area (TPSA) is 30.5 Å². The predicted octanol–water partition coefficient (Wildman–Crippen LogP) is 3.00. The number of rotatable bonds is 6. The lowest BCUT2D eigenvalue weighted by Crippen LogP contribution is -2.41. The number of para-hydroxylation sites is 2. The van der Waals surface area contributed by atoms with Gasteiger partial charge in [-0.3, -0.25) is 0 Å². The Morgan fingerprint density at radius 3 is 2.50 bits per heavy atom. The molecule has 0 amide bonds. The molecule has 0 bridgehead atoms. The maximum Gasteiger partial charge on any atom is 0.161 e. The Balaban J connectivity index is 1.75. The summed E-state index contributed by atoms with van der Waals surface area (Å²) in [4.78, 5) is 0. The van der Waals surface area contributed by atoms with E-state index in [1.165, 1.54) is 25.7 Å². The molecule has 1 saturated carbocycles. The van der Waals surface area contributed by atoms with E-state index < -0.39 is 0 Å². The number of ether oxygens (including phenoxy) is 2. The molecule has 3 heteroatoms. The summed E-state index contributed by atoms with van der Waals surface area (Å²) in [7, 11) is 1.67. The minimum absolute atomic E-state index is 0.324. The van der Waals surface area contributed by atoms with Crippen LogP contribution in [0.25, 0.3) is 0 Å². The van der Waals surface area contributed by atoms with Gasteiger partial charge in [0.15, 0.2) is 11.5 Å². The van der Waals surface area contributed by atoms with Gasteiger partial charge in [-0.1, -0.05) is 25.0 Å². The summed E-state index contributed by atoms with van der Waals surface area (Å²) < 4.78 is 11.0. The van der Waals surface area contributed by atoms with Crippen LogP contribution in [0.15, 0.2) is 24.3 Å². The third kappa shape index (κ3) is 3.39. The molecular weight excluding hydrogens is 226 g/mol. The van der Waals surface area contributed by atoms with Gasteiger partial charge in [-0.25, -0.2) is 0 Å². The zero-order chi connectivity index (χ0) is 12.8. The highest BCUT2D eigenvalue weighted by atomic mass is 16.5. The minimum Gasteiger partial charge on any atom is -0.493 e. The Bertz CT molecular complexity index is 373. The molecule has 0 radical (unpaired) electrons. The molecule has 0 saturated heterocycles. The molecule has 18 heavy (non-hydrogen) atoms. The van der Waals surface area contributed by atoms with Crippen molar-refractivity contribution in [3.05, 3.63) is 24.3 Å². The van der Waals surface area contributed by atoms with Crippen LogP contribution in [0.1, 0.15) is 32.6 Å². The lowest BCUT2D eigenvalue weighted by Gasteiger charge is -2.25. The third-order valence-electron chi connectivity index (χ3n) is 3.69.